The van der Waals surface area contributed by atoms with Crippen LogP contribution in [0.2, 0.25) is 0 Å². The zero-order valence-electron chi connectivity index (χ0n) is 14.1. The van der Waals surface area contributed by atoms with Crippen LogP contribution < -0.4 is 16.0 Å². The van der Waals surface area contributed by atoms with Crippen molar-refractivity contribution >= 4 is 34.6 Å². The molecule has 132 valence electrons. The third-order valence-corrected chi connectivity index (χ3v) is 5.98. The lowest BCUT2D eigenvalue weighted by atomic mass is 10.0. The van der Waals surface area contributed by atoms with Gasteiger partial charge in [-0.05, 0) is 38.1 Å². The topological polar surface area (TPSA) is 83.1 Å². The summed E-state index contributed by atoms with van der Waals surface area (Å²) in [6, 6.07) is 3.15. The van der Waals surface area contributed by atoms with E-state index in [4.69, 9.17) is 0 Å². The van der Waals surface area contributed by atoms with Gasteiger partial charge in [0.1, 0.15) is 0 Å². The number of nitrogens with zero attached hydrogens (tertiary/aromatic N) is 1. The summed E-state index contributed by atoms with van der Waals surface area (Å²) < 4.78 is 0. The molecular weight excluding hydrogens is 356 g/mol. The molecule has 1 aliphatic rings. The second-order valence-corrected chi connectivity index (χ2v) is 7.72. The first-order valence-electron chi connectivity index (χ1n) is 8.05. The molecule has 1 unspecified atom stereocenters. The fourth-order valence-corrected chi connectivity index (χ4v) is 4.38. The number of nitrogens with one attached hydrogen (secondary N) is 3. The van der Waals surface area contributed by atoms with Crippen molar-refractivity contribution in [3.8, 4) is 0 Å². The molecule has 3 rings (SSSR count). The van der Waals surface area contributed by atoms with Gasteiger partial charge in [-0.1, -0.05) is 6.07 Å². The molecule has 0 bridgehead atoms. The largest absolute Gasteiger partial charge is 0.352 e. The van der Waals surface area contributed by atoms with Gasteiger partial charge < -0.3 is 16.0 Å². The standard InChI is InChI=1S/C17H20N4O2S2/c1-10-12(25-9-19-10)5-3-7-18-16(22)14-11(2)20-17(23)21-15(14)13-6-4-8-24-13/h4,6,8-9,15H,3,5,7H2,1-2H3,(H,18,22)(H2,20,21,23). The van der Waals surface area contributed by atoms with Crippen LogP contribution in [0.1, 0.15) is 34.8 Å². The smallest absolute Gasteiger partial charge is 0.319 e. The van der Waals surface area contributed by atoms with Gasteiger partial charge in [-0.15, -0.1) is 22.7 Å². The summed E-state index contributed by atoms with van der Waals surface area (Å²) in [5, 5.41) is 10.4. The molecule has 0 saturated carbocycles. The van der Waals surface area contributed by atoms with E-state index in [2.05, 4.69) is 20.9 Å². The zero-order valence-corrected chi connectivity index (χ0v) is 15.7. The van der Waals surface area contributed by atoms with Crippen LogP contribution in [0.5, 0.6) is 0 Å². The van der Waals surface area contributed by atoms with E-state index in [-0.39, 0.29) is 11.9 Å². The number of hydrogen-bond donors (Lipinski definition) is 3. The maximum atomic E-state index is 12.7. The SMILES string of the molecule is CC1=C(C(=O)NCCCc2scnc2C)C(c2cccs2)NC(=O)N1. The third kappa shape index (κ3) is 4.08. The highest BCUT2D eigenvalue weighted by Crippen LogP contribution is 2.29. The Morgan fingerprint density at radius 3 is 2.88 bits per heavy atom. The number of aryl methyl sites for hydroxylation is 2. The molecule has 6 nitrogen and oxygen atoms in total. The number of hydrogen-bond acceptors (Lipinski definition) is 5. The van der Waals surface area contributed by atoms with Crippen molar-refractivity contribution in [2.24, 2.45) is 0 Å². The normalized spacial score (nSPS) is 17.2. The van der Waals surface area contributed by atoms with Gasteiger partial charge in [0, 0.05) is 22.0 Å². The van der Waals surface area contributed by atoms with Crippen molar-refractivity contribution in [1.82, 2.24) is 20.9 Å². The molecule has 3 heterocycles. The Kier molecular flexibility index (Phi) is 5.50. The van der Waals surface area contributed by atoms with E-state index in [0.29, 0.717) is 17.8 Å². The van der Waals surface area contributed by atoms with Crippen LogP contribution in [0.15, 0.2) is 34.3 Å². The Morgan fingerprint density at radius 1 is 1.36 bits per heavy atom. The molecule has 3 amide bonds. The fraction of sp³-hybridized carbons (Fsp3) is 0.353. The number of amides is 3. The van der Waals surface area contributed by atoms with Gasteiger partial charge >= 0.3 is 6.03 Å². The summed E-state index contributed by atoms with van der Waals surface area (Å²) in [5.74, 6) is -0.149. The van der Waals surface area contributed by atoms with E-state index in [1.54, 1.807) is 18.3 Å². The number of rotatable bonds is 6. The van der Waals surface area contributed by atoms with Crippen LogP contribution >= 0.6 is 22.7 Å². The van der Waals surface area contributed by atoms with Gasteiger partial charge in [0.2, 0.25) is 0 Å². The van der Waals surface area contributed by atoms with Crippen molar-refractivity contribution in [1.29, 1.82) is 0 Å². The lowest BCUT2D eigenvalue weighted by molar-refractivity contribution is -0.117. The van der Waals surface area contributed by atoms with Gasteiger partial charge in [0.15, 0.2) is 0 Å². The second-order valence-electron chi connectivity index (χ2n) is 5.81. The summed E-state index contributed by atoms with van der Waals surface area (Å²) in [6.45, 7) is 4.34. The molecule has 2 aromatic heterocycles. The Labute approximate surface area is 154 Å². The molecule has 3 N–H and O–H groups in total. The fourth-order valence-electron chi connectivity index (χ4n) is 2.78. The Balaban J connectivity index is 1.63. The number of thiazole rings is 1. The van der Waals surface area contributed by atoms with Crippen molar-refractivity contribution in [2.45, 2.75) is 32.7 Å². The lowest BCUT2D eigenvalue weighted by Gasteiger charge is -2.27. The van der Waals surface area contributed by atoms with Crippen LogP contribution in [0, 0.1) is 6.92 Å². The Morgan fingerprint density at radius 2 is 2.20 bits per heavy atom. The minimum atomic E-state index is -0.405. The molecule has 0 aromatic carbocycles. The molecule has 25 heavy (non-hydrogen) atoms. The molecule has 0 aliphatic carbocycles. The van der Waals surface area contributed by atoms with Crippen LogP contribution in [-0.2, 0) is 11.2 Å². The van der Waals surface area contributed by atoms with Crippen LogP contribution in [0.4, 0.5) is 4.79 Å². The maximum absolute atomic E-state index is 12.7. The predicted molar refractivity (Wildman–Crippen MR) is 99.6 cm³/mol. The van der Waals surface area contributed by atoms with Crippen LogP contribution in [0.25, 0.3) is 0 Å². The van der Waals surface area contributed by atoms with Crippen LogP contribution in [-0.4, -0.2) is 23.5 Å². The number of carbonyl (C=O) groups excluding carboxylic acids is 2. The van der Waals surface area contributed by atoms with Gasteiger partial charge in [0.05, 0.1) is 22.8 Å². The molecule has 0 saturated heterocycles. The first-order valence-corrected chi connectivity index (χ1v) is 9.81. The highest BCUT2D eigenvalue weighted by atomic mass is 32.1. The molecule has 0 spiro atoms. The van der Waals surface area contributed by atoms with Crippen molar-refractivity contribution in [3.63, 3.8) is 0 Å². The van der Waals surface area contributed by atoms with Crippen molar-refractivity contribution in [3.05, 3.63) is 49.7 Å². The molecule has 0 radical (unpaired) electrons. The van der Waals surface area contributed by atoms with Crippen molar-refractivity contribution in [2.75, 3.05) is 6.54 Å². The van der Waals surface area contributed by atoms with E-state index in [1.807, 2.05) is 29.9 Å². The average molecular weight is 377 g/mol. The summed E-state index contributed by atoms with van der Waals surface area (Å²) in [5.41, 5.74) is 4.07. The summed E-state index contributed by atoms with van der Waals surface area (Å²) in [6.07, 6.45) is 1.75. The lowest BCUT2D eigenvalue weighted by Crippen LogP contribution is -2.46. The molecular formula is C17H20N4O2S2. The highest BCUT2D eigenvalue weighted by molar-refractivity contribution is 7.10. The third-order valence-electron chi connectivity index (χ3n) is 4.05. The highest BCUT2D eigenvalue weighted by Gasteiger charge is 2.31. The number of aromatic nitrogens is 1. The number of carbonyl (C=O) groups is 2. The Bertz CT molecular complexity index is 795. The van der Waals surface area contributed by atoms with Gasteiger partial charge in [-0.3, -0.25) is 4.79 Å². The monoisotopic (exact) mass is 376 g/mol. The Hall–Kier alpha value is -2.19. The quantitative estimate of drug-likeness (QED) is 0.678. The zero-order chi connectivity index (χ0) is 17.8. The van der Waals surface area contributed by atoms with E-state index < -0.39 is 6.04 Å². The maximum Gasteiger partial charge on any atom is 0.319 e. The first kappa shape index (κ1) is 17.6. The minimum Gasteiger partial charge on any atom is -0.352 e. The van der Waals surface area contributed by atoms with E-state index >= 15 is 0 Å². The molecule has 2 aromatic rings. The summed E-state index contributed by atoms with van der Waals surface area (Å²) in [7, 11) is 0. The van der Waals surface area contributed by atoms with E-state index in [0.717, 1.165) is 23.4 Å². The average Bonchev–Trinajstić information content (AvgIpc) is 3.22. The summed E-state index contributed by atoms with van der Waals surface area (Å²) in [4.78, 5) is 30.9. The number of thiophene rings is 1. The summed E-state index contributed by atoms with van der Waals surface area (Å²) >= 11 is 3.17. The predicted octanol–water partition coefficient (Wildman–Crippen LogP) is 2.89. The molecule has 1 atom stereocenters. The van der Waals surface area contributed by atoms with Crippen LogP contribution in [0.3, 0.4) is 0 Å². The van der Waals surface area contributed by atoms with Gasteiger partial charge in [-0.25, -0.2) is 9.78 Å². The van der Waals surface area contributed by atoms with Crippen molar-refractivity contribution < 1.29 is 9.59 Å². The first-order chi connectivity index (χ1) is 12.1. The minimum absolute atomic E-state index is 0.149. The van der Waals surface area contributed by atoms with Gasteiger partial charge in [-0.2, -0.15) is 0 Å². The van der Waals surface area contributed by atoms with E-state index in [9.17, 15) is 9.59 Å². The van der Waals surface area contributed by atoms with E-state index in [1.165, 1.54) is 16.2 Å². The van der Waals surface area contributed by atoms with Gasteiger partial charge in [0.25, 0.3) is 5.91 Å². The number of urea groups is 1. The molecule has 1 aliphatic heterocycles. The second kappa shape index (κ2) is 7.79. The molecule has 8 heteroatoms. The molecule has 0 fully saturated rings. The number of allylic oxidation sites excluding steroid dienone is 1.